The van der Waals surface area contributed by atoms with Gasteiger partial charge < -0.3 is 20.2 Å². The zero-order valence-electron chi connectivity index (χ0n) is 19.8. The van der Waals surface area contributed by atoms with E-state index in [9.17, 15) is 9.18 Å². The highest BCUT2D eigenvalue weighted by Gasteiger charge is 2.15. The normalized spacial score (nSPS) is 9.51. The summed E-state index contributed by atoms with van der Waals surface area (Å²) in [7, 11) is 3.75. The Morgan fingerprint density at radius 1 is 1.00 bits per heavy atom. The van der Waals surface area contributed by atoms with E-state index >= 15 is 0 Å². The number of nitrogens with zero attached hydrogens (tertiary/aromatic N) is 2. The van der Waals surface area contributed by atoms with Gasteiger partial charge in [0.1, 0.15) is 19.4 Å². The van der Waals surface area contributed by atoms with Crippen molar-refractivity contribution in [3.63, 3.8) is 0 Å². The van der Waals surface area contributed by atoms with Crippen molar-refractivity contribution in [3.8, 4) is 5.69 Å². The predicted molar refractivity (Wildman–Crippen MR) is 140 cm³/mol. The second-order valence-corrected chi connectivity index (χ2v) is 8.00. The molecule has 0 aliphatic heterocycles. The van der Waals surface area contributed by atoms with E-state index < -0.39 is 0 Å². The number of nitrogens with one attached hydrogen (secondary N) is 2. The van der Waals surface area contributed by atoms with Crippen molar-refractivity contribution in [2.75, 3.05) is 14.1 Å². The van der Waals surface area contributed by atoms with E-state index in [4.69, 9.17) is 9.59 Å². The SMILES string of the molecule is C=O.C=O.CNC.Cc1ccc(CNC(=O)c2cc(Br)cc3c2cnn3-c2ccc(F)cc2)cc1. The lowest BCUT2D eigenvalue weighted by Crippen LogP contribution is -2.23. The largest absolute Gasteiger partial charge is 0.348 e. The number of amides is 1. The van der Waals surface area contributed by atoms with Gasteiger partial charge in [-0.3, -0.25) is 4.79 Å². The third kappa shape index (κ3) is 8.24. The van der Waals surface area contributed by atoms with Crippen molar-refractivity contribution >= 4 is 46.3 Å². The maximum atomic E-state index is 13.2. The van der Waals surface area contributed by atoms with Gasteiger partial charge in [-0.1, -0.05) is 45.8 Å². The second-order valence-electron chi connectivity index (χ2n) is 7.09. The molecule has 184 valence electrons. The van der Waals surface area contributed by atoms with Crippen molar-refractivity contribution < 1.29 is 18.8 Å². The van der Waals surface area contributed by atoms with Crippen LogP contribution in [0.5, 0.6) is 0 Å². The molecule has 0 fully saturated rings. The number of benzene rings is 3. The predicted octanol–water partition coefficient (Wildman–Crippen LogP) is 4.63. The lowest BCUT2D eigenvalue weighted by molar-refractivity contribution is -0.0987. The summed E-state index contributed by atoms with van der Waals surface area (Å²) < 4.78 is 15.7. The molecule has 0 spiro atoms. The molecule has 4 rings (SSSR count). The van der Waals surface area contributed by atoms with Gasteiger partial charge in [-0.15, -0.1) is 0 Å². The van der Waals surface area contributed by atoms with Crippen molar-refractivity contribution in [1.82, 2.24) is 20.4 Å². The average Bonchev–Trinajstić information content (AvgIpc) is 3.30. The summed E-state index contributed by atoms with van der Waals surface area (Å²) in [5.41, 5.74) is 4.23. The van der Waals surface area contributed by atoms with Crippen LogP contribution < -0.4 is 10.6 Å². The first-order valence-electron chi connectivity index (χ1n) is 10.4. The number of rotatable bonds is 4. The van der Waals surface area contributed by atoms with Crippen LogP contribution in [-0.2, 0) is 16.1 Å². The standard InChI is InChI=1S/C22H17BrFN3O.C2H7N.2CH2O/c1-14-2-4-15(5-3-14)12-25-22(28)19-10-16(23)11-21-20(19)13-26-27(21)18-8-6-17(24)7-9-18;1-3-2;2*1-2/h2-11,13H,12H2,1H3,(H,25,28);3H,1-2H3;2*1H2. The van der Waals surface area contributed by atoms with Crippen LogP contribution in [0.25, 0.3) is 16.6 Å². The Morgan fingerprint density at radius 3 is 2.14 bits per heavy atom. The quantitative estimate of drug-likeness (QED) is 0.392. The molecule has 1 heterocycles. The maximum absolute atomic E-state index is 13.2. The topological polar surface area (TPSA) is 93.1 Å². The second kappa shape index (κ2) is 15.3. The molecule has 0 radical (unpaired) electrons. The summed E-state index contributed by atoms with van der Waals surface area (Å²) in [6, 6.07) is 17.8. The minimum atomic E-state index is -0.308. The van der Waals surface area contributed by atoms with Crippen LogP contribution in [0.3, 0.4) is 0 Å². The maximum Gasteiger partial charge on any atom is 0.252 e. The lowest BCUT2D eigenvalue weighted by Gasteiger charge is -2.09. The fourth-order valence-corrected chi connectivity index (χ4v) is 3.50. The van der Waals surface area contributed by atoms with Crippen molar-refractivity contribution in [1.29, 1.82) is 0 Å². The Bertz CT molecular complexity index is 1210. The average molecular weight is 543 g/mol. The molecule has 0 aliphatic carbocycles. The number of carbonyl (C=O) groups is 3. The summed E-state index contributed by atoms with van der Waals surface area (Å²) in [5, 5.41) is 10.8. The van der Waals surface area contributed by atoms with Gasteiger partial charge in [0.25, 0.3) is 5.91 Å². The molecule has 35 heavy (non-hydrogen) atoms. The Kier molecular flexibility index (Phi) is 12.8. The minimum Gasteiger partial charge on any atom is -0.348 e. The van der Waals surface area contributed by atoms with Crippen molar-refractivity contribution in [3.05, 3.63) is 93.8 Å². The van der Waals surface area contributed by atoms with Gasteiger partial charge in [-0.05, 0) is 63.0 Å². The molecule has 0 saturated heterocycles. The first kappa shape index (κ1) is 29.3. The van der Waals surface area contributed by atoms with E-state index in [-0.39, 0.29) is 11.7 Å². The van der Waals surface area contributed by atoms with Crippen molar-refractivity contribution in [2.45, 2.75) is 13.5 Å². The van der Waals surface area contributed by atoms with Gasteiger partial charge in [0.05, 0.1) is 23.0 Å². The highest BCUT2D eigenvalue weighted by molar-refractivity contribution is 9.10. The third-order valence-corrected chi connectivity index (χ3v) is 5.00. The first-order chi connectivity index (χ1) is 16.9. The third-order valence-electron chi connectivity index (χ3n) is 4.54. The zero-order chi connectivity index (χ0) is 26.4. The van der Waals surface area contributed by atoms with Gasteiger partial charge in [-0.2, -0.15) is 5.10 Å². The summed E-state index contributed by atoms with van der Waals surface area (Å²) >= 11 is 3.48. The molecule has 0 atom stereocenters. The molecule has 2 N–H and O–H groups in total. The minimum absolute atomic E-state index is 0.175. The molecular formula is C26H28BrFN4O3. The van der Waals surface area contributed by atoms with E-state index in [0.29, 0.717) is 12.1 Å². The Morgan fingerprint density at radius 2 is 1.57 bits per heavy atom. The smallest absolute Gasteiger partial charge is 0.252 e. The number of fused-ring (bicyclic) bond motifs is 1. The van der Waals surface area contributed by atoms with Crippen LogP contribution in [0.15, 0.2) is 71.3 Å². The van der Waals surface area contributed by atoms with E-state index in [1.54, 1.807) is 29.1 Å². The highest BCUT2D eigenvalue weighted by atomic mass is 79.9. The summed E-state index contributed by atoms with van der Waals surface area (Å²) in [6.07, 6.45) is 1.66. The molecule has 0 unspecified atom stereocenters. The molecule has 1 amide bonds. The monoisotopic (exact) mass is 542 g/mol. The summed E-state index contributed by atoms with van der Waals surface area (Å²) in [6.45, 7) is 6.47. The summed E-state index contributed by atoms with van der Waals surface area (Å²) in [4.78, 5) is 28.8. The van der Waals surface area contributed by atoms with Crippen molar-refractivity contribution in [2.24, 2.45) is 0 Å². The Balaban J connectivity index is 0.000000797. The van der Waals surface area contributed by atoms with Gasteiger partial charge in [0, 0.05) is 16.4 Å². The molecule has 3 aromatic carbocycles. The van der Waals surface area contributed by atoms with Crippen LogP contribution in [0, 0.1) is 12.7 Å². The highest BCUT2D eigenvalue weighted by Crippen LogP contribution is 2.26. The van der Waals surface area contributed by atoms with Gasteiger partial charge in [0.15, 0.2) is 0 Å². The molecule has 0 aliphatic rings. The molecule has 0 saturated carbocycles. The number of hydrogen-bond donors (Lipinski definition) is 2. The lowest BCUT2D eigenvalue weighted by atomic mass is 10.1. The van der Waals surface area contributed by atoms with Gasteiger partial charge in [0.2, 0.25) is 0 Å². The number of aryl methyl sites for hydroxylation is 1. The number of carbonyl (C=O) groups excluding carboxylic acids is 3. The molecule has 4 aromatic rings. The van der Waals surface area contributed by atoms with Crippen LogP contribution in [0.1, 0.15) is 21.5 Å². The van der Waals surface area contributed by atoms with E-state index in [1.807, 2.05) is 64.9 Å². The molecule has 7 nitrogen and oxygen atoms in total. The molecular weight excluding hydrogens is 515 g/mol. The van der Waals surface area contributed by atoms with E-state index in [2.05, 4.69) is 31.7 Å². The number of aromatic nitrogens is 2. The Labute approximate surface area is 212 Å². The first-order valence-corrected chi connectivity index (χ1v) is 11.2. The van der Waals surface area contributed by atoms with Gasteiger partial charge >= 0.3 is 0 Å². The van der Waals surface area contributed by atoms with Crippen LogP contribution in [0.4, 0.5) is 4.39 Å². The molecule has 9 heteroatoms. The molecule has 0 bridgehead atoms. The molecule has 1 aromatic heterocycles. The van der Waals surface area contributed by atoms with Gasteiger partial charge in [-0.25, -0.2) is 9.07 Å². The Hall–Kier alpha value is -3.69. The van der Waals surface area contributed by atoms with Crippen LogP contribution in [-0.4, -0.2) is 43.4 Å². The van der Waals surface area contributed by atoms with E-state index in [1.165, 1.54) is 17.7 Å². The fraction of sp³-hybridized carbons (Fsp3) is 0.154. The zero-order valence-corrected chi connectivity index (χ0v) is 21.4. The summed E-state index contributed by atoms with van der Waals surface area (Å²) in [5.74, 6) is -0.483. The van der Waals surface area contributed by atoms with E-state index in [0.717, 1.165) is 26.6 Å². The van der Waals surface area contributed by atoms with Crippen LogP contribution in [0.2, 0.25) is 0 Å². The number of hydrogen-bond acceptors (Lipinski definition) is 5. The fourth-order valence-electron chi connectivity index (χ4n) is 3.05. The number of halogens is 2. The van der Waals surface area contributed by atoms with Crippen LogP contribution >= 0.6 is 15.9 Å².